The third-order valence-electron chi connectivity index (χ3n) is 4.70. The Balaban J connectivity index is 1.59. The molecule has 0 aliphatic heterocycles. The van der Waals surface area contributed by atoms with Gasteiger partial charge in [0.1, 0.15) is 0 Å². The summed E-state index contributed by atoms with van der Waals surface area (Å²) in [4.78, 5) is 26.0. The zero-order valence-electron chi connectivity index (χ0n) is 13.5. The van der Waals surface area contributed by atoms with E-state index in [0.29, 0.717) is 5.56 Å². The van der Waals surface area contributed by atoms with E-state index in [2.05, 4.69) is 10.3 Å². The third kappa shape index (κ3) is 2.87. The Morgan fingerprint density at radius 2 is 1.84 bits per heavy atom. The molecular weight excluding hydrogens is 318 g/mol. The number of anilines is 1. The van der Waals surface area contributed by atoms with Crippen LogP contribution >= 0.6 is 0 Å². The number of carbonyl (C=O) groups is 1. The number of aromatic amines is 1. The van der Waals surface area contributed by atoms with Gasteiger partial charge in [0.25, 0.3) is 11.6 Å². The number of H-pyrrole nitrogens is 1. The van der Waals surface area contributed by atoms with Gasteiger partial charge in [0.15, 0.2) is 0 Å². The molecule has 0 radical (unpaired) electrons. The number of nitrogens with one attached hydrogen (secondary N) is 2. The Morgan fingerprint density at radius 1 is 1.08 bits per heavy atom. The molecule has 1 aliphatic rings. The number of nitrogens with zero attached hydrogens (tertiary/aromatic N) is 1. The SMILES string of the molecule is O=C(Nc1ccc2[nH]c3c(c2c1)CCCC3)c1ccc([N+](=O)[O-])cc1. The lowest BCUT2D eigenvalue weighted by Gasteiger charge is -2.11. The number of nitro benzene ring substituents is 1. The molecule has 0 fully saturated rings. The fourth-order valence-electron chi connectivity index (χ4n) is 3.42. The molecule has 1 aliphatic carbocycles. The predicted octanol–water partition coefficient (Wildman–Crippen LogP) is 4.21. The summed E-state index contributed by atoms with van der Waals surface area (Å²) < 4.78 is 0. The fourth-order valence-corrected chi connectivity index (χ4v) is 3.42. The van der Waals surface area contributed by atoms with Crippen LogP contribution in [-0.4, -0.2) is 15.8 Å². The van der Waals surface area contributed by atoms with Crippen molar-refractivity contribution in [2.45, 2.75) is 25.7 Å². The van der Waals surface area contributed by atoms with Crippen molar-refractivity contribution in [1.82, 2.24) is 4.98 Å². The highest BCUT2D eigenvalue weighted by atomic mass is 16.6. The maximum absolute atomic E-state index is 12.4. The first-order valence-electron chi connectivity index (χ1n) is 8.31. The molecule has 4 rings (SSSR count). The van der Waals surface area contributed by atoms with Gasteiger partial charge in [-0.1, -0.05) is 0 Å². The summed E-state index contributed by atoms with van der Waals surface area (Å²) in [5.41, 5.74) is 4.84. The number of amides is 1. The first kappa shape index (κ1) is 15.4. The normalized spacial score (nSPS) is 13.4. The van der Waals surface area contributed by atoms with Crippen LogP contribution in [0.1, 0.15) is 34.5 Å². The van der Waals surface area contributed by atoms with Gasteiger partial charge in [0.05, 0.1) is 4.92 Å². The molecule has 0 saturated carbocycles. The highest BCUT2D eigenvalue weighted by Gasteiger charge is 2.16. The maximum Gasteiger partial charge on any atom is 0.269 e. The number of carbonyl (C=O) groups excluding carboxylic acids is 1. The number of aromatic nitrogens is 1. The first-order valence-corrected chi connectivity index (χ1v) is 8.31. The van der Waals surface area contributed by atoms with Crippen molar-refractivity contribution in [3.63, 3.8) is 0 Å². The van der Waals surface area contributed by atoms with Crippen LogP contribution in [0, 0.1) is 10.1 Å². The van der Waals surface area contributed by atoms with Crippen LogP contribution in [0.2, 0.25) is 0 Å². The summed E-state index contributed by atoms with van der Waals surface area (Å²) in [7, 11) is 0. The molecule has 2 N–H and O–H groups in total. The monoisotopic (exact) mass is 335 g/mol. The van der Waals surface area contributed by atoms with Gasteiger partial charge >= 0.3 is 0 Å². The number of fused-ring (bicyclic) bond motifs is 3. The maximum atomic E-state index is 12.4. The molecule has 126 valence electrons. The highest BCUT2D eigenvalue weighted by Crippen LogP contribution is 2.31. The summed E-state index contributed by atoms with van der Waals surface area (Å²) >= 11 is 0. The van der Waals surface area contributed by atoms with E-state index in [4.69, 9.17) is 0 Å². The van der Waals surface area contributed by atoms with E-state index in [1.807, 2.05) is 18.2 Å². The Morgan fingerprint density at radius 3 is 2.60 bits per heavy atom. The lowest BCUT2D eigenvalue weighted by Crippen LogP contribution is -2.11. The molecule has 0 spiro atoms. The van der Waals surface area contributed by atoms with E-state index < -0.39 is 4.92 Å². The number of rotatable bonds is 3. The Bertz CT molecular complexity index is 973. The second-order valence-corrected chi connectivity index (χ2v) is 6.31. The lowest BCUT2D eigenvalue weighted by atomic mass is 9.95. The van der Waals surface area contributed by atoms with E-state index in [9.17, 15) is 14.9 Å². The molecule has 6 nitrogen and oxygen atoms in total. The zero-order chi connectivity index (χ0) is 17.4. The molecule has 0 saturated heterocycles. The molecule has 1 heterocycles. The number of nitro groups is 1. The second-order valence-electron chi connectivity index (χ2n) is 6.31. The number of hydrogen-bond donors (Lipinski definition) is 2. The van der Waals surface area contributed by atoms with Crippen LogP contribution in [0.5, 0.6) is 0 Å². The summed E-state index contributed by atoms with van der Waals surface area (Å²) in [5, 5.41) is 14.7. The molecule has 0 bridgehead atoms. The molecule has 1 amide bonds. The molecule has 3 aromatic rings. The van der Waals surface area contributed by atoms with E-state index >= 15 is 0 Å². The van der Waals surface area contributed by atoms with Crippen molar-refractivity contribution in [2.75, 3.05) is 5.32 Å². The second kappa shape index (κ2) is 6.05. The van der Waals surface area contributed by atoms with Crippen LogP contribution in [0.3, 0.4) is 0 Å². The van der Waals surface area contributed by atoms with E-state index in [0.717, 1.165) is 29.4 Å². The van der Waals surface area contributed by atoms with Gasteiger partial charge in [-0.2, -0.15) is 0 Å². The largest absolute Gasteiger partial charge is 0.358 e. The van der Waals surface area contributed by atoms with Crippen molar-refractivity contribution in [3.05, 3.63) is 69.4 Å². The van der Waals surface area contributed by atoms with Crippen LogP contribution in [0.15, 0.2) is 42.5 Å². The molecule has 25 heavy (non-hydrogen) atoms. The number of non-ortho nitro benzene ring substituents is 1. The number of hydrogen-bond acceptors (Lipinski definition) is 3. The lowest BCUT2D eigenvalue weighted by molar-refractivity contribution is -0.384. The zero-order valence-corrected chi connectivity index (χ0v) is 13.5. The van der Waals surface area contributed by atoms with E-state index in [1.54, 1.807) is 0 Å². The molecule has 0 unspecified atom stereocenters. The molecular formula is C19H17N3O3. The van der Waals surface area contributed by atoms with Crippen LogP contribution in [-0.2, 0) is 12.8 Å². The van der Waals surface area contributed by atoms with Crippen molar-refractivity contribution < 1.29 is 9.72 Å². The van der Waals surface area contributed by atoms with E-state index in [1.165, 1.54) is 48.4 Å². The minimum atomic E-state index is -0.481. The smallest absolute Gasteiger partial charge is 0.269 e. The third-order valence-corrected chi connectivity index (χ3v) is 4.70. The van der Waals surface area contributed by atoms with Gasteiger partial charge in [0.2, 0.25) is 0 Å². The van der Waals surface area contributed by atoms with Crippen LogP contribution in [0.25, 0.3) is 10.9 Å². The Labute approximate surface area is 144 Å². The van der Waals surface area contributed by atoms with Gasteiger partial charge < -0.3 is 10.3 Å². The Hall–Kier alpha value is -3.15. The van der Waals surface area contributed by atoms with Crippen LogP contribution < -0.4 is 5.32 Å². The number of benzene rings is 2. The summed E-state index contributed by atoms with van der Waals surface area (Å²) in [6, 6.07) is 11.4. The van der Waals surface area contributed by atoms with E-state index in [-0.39, 0.29) is 11.6 Å². The first-order chi connectivity index (χ1) is 12.1. The van der Waals surface area contributed by atoms with Crippen molar-refractivity contribution in [1.29, 1.82) is 0 Å². The van der Waals surface area contributed by atoms with Crippen molar-refractivity contribution in [2.24, 2.45) is 0 Å². The molecule has 2 aromatic carbocycles. The van der Waals surface area contributed by atoms with Crippen LogP contribution in [0.4, 0.5) is 11.4 Å². The average molecular weight is 335 g/mol. The minimum Gasteiger partial charge on any atom is -0.358 e. The summed E-state index contributed by atoms with van der Waals surface area (Å²) in [6.45, 7) is 0. The average Bonchev–Trinajstić information content (AvgIpc) is 3.00. The van der Waals surface area contributed by atoms with Gasteiger partial charge in [-0.25, -0.2) is 0 Å². The predicted molar refractivity (Wildman–Crippen MR) is 96.0 cm³/mol. The quantitative estimate of drug-likeness (QED) is 0.555. The summed E-state index contributed by atoms with van der Waals surface area (Å²) in [6.07, 6.45) is 4.55. The molecule has 1 aromatic heterocycles. The summed E-state index contributed by atoms with van der Waals surface area (Å²) in [5.74, 6) is -0.279. The van der Waals surface area contributed by atoms with Gasteiger partial charge in [-0.15, -0.1) is 0 Å². The van der Waals surface area contributed by atoms with Gasteiger partial charge in [-0.05, 0) is 61.6 Å². The molecule has 6 heteroatoms. The van der Waals surface area contributed by atoms with Crippen molar-refractivity contribution in [3.8, 4) is 0 Å². The standard InChI is InChI=1S/C19H17N3O3/c23-19(12-5-8-14(9-6-12)22(24)25)20-13-7-10-18-16(11-13)15-3-1-2-4-17(15)21-18/h5-11,21H,1-4H2,(H,20,23). The Kier molecular flexibility index (Phi) is 3.72. The number of aryl methyl sites for hydroxylation is 2. The minimum absolute atomic E-state index is 0.0306. The fraction of sp³-hybridized carbons (Fsp3) is 0.211. The highest BCUT2D eigenvalue weighted by molar-refractivity contribution is 6.05. The van der Waals surface area contributed by atoms with Crippen molar-refractivity contribution >= 4 is 28.2 Å². The van der Waals surface area contributed by atoms with Gasteiger partial charge in [0, 0.05) is 40.0 Å². The van der Waals surface area contributed by atoms with Gasteiger partial charge in [-0.3, -0.25) is 14.9 Å². The topological polar surface area (TPSA) is 88.0 Å². The molecule has 0 atom stereocenters.